The summed E-state index contributed by atoms with van der Waals surface area (Å²) in [6.45, 7) is 3.06. The largest absolute Gasteiger partial charge is 0.483 e. The van der Waals surface area contributed by atoms with E-state index >= 15 is 0 Å². The first-order valence-corrected chi connectivity index (χ1v) is 8.03. The van der Waals surface area contributed by atoms with Crippen LogP contribution in [0.25, 0.3) is 0 Å². The van der Waals surface area contributed by atoms with Gasteiger partial charge in [-0.2, -0.15) is 0 Å². The number of hydrogen-bond donors (Lipinski definition) is 2. The second-order valence-electron chi connectivity index (χ2n) is 6.35. The molecule has 3 fully saturated rings. The van der Waals surface area contributed by atoms with Gasteiger partial charge in [-0.1, -0.05) is 12.8 Å². The van der Waals surface area contributed by atoms with Crippen molar-refractivity contribution in [2.45, 2.75) is 62.9 Å². The van der Waals surface area contributed by atoms with Gasteiger partial charge in [0, 0.05) is 25.2 Å². The first kappa shape index (κ1) is 16.6. The Morgan fingerprint density at radius 1 is 0.952 bits per heavy atom. The summed E-state index contributed by atoms with van der Waals surface area (Å²) in [5, 5.41) is 16.4. The number of halogens is 1. The van der Waals surface area contributed by atoms with E-state index in [-0.39, 0.29) is 6.47 Å². The summed E-state index contributed by atoms with van der Waals surface area (Å²) < 4.78 is 13.3. The Bertz CT molecular complexity index is 308. The molecule has 21 heavy (non-hydrogen) atoms. The average molecular weight is 302 g/mol. The van der Waals surface area contributed by atoms with Crippen molar-refractivity contribution in [2.75, 3.05) is 26.2 Å². The fourth-order valence-corrected chi connectivity index (χ4v) is 3.96. The number of alkyl halides is 1. The van der Waals surface area contributed by atoms with Gasteiger partial charge in [0.25, 0.3) is 6.47 Å². The lowest BCUT2D eigenvalue weighted by molar-refractivity contribution is -0.122. The van der Waals surface area contributed by atoms with Gasteiger partial charge in [-0.25, -0.2) is 4.39 Å². The van der Waals surface area contributed by atoms with Gasteiger partial charge in [0.1, 0.15) is 6.17 Å². The van der Waals surface area contributed by atoms with Crippen molar-refractivity contribution < 1.29 is 19.4 Å². The molecule has 5 nitrogen and oxygen atoms in total. The third-order valence-electron chi connectivity index (χ3n) is 5.10. The molecule has 0 unspecified atom stereocenters. The van der Waals surface area contributed by atoms with Gasteiger partial charge in [-0.3, -0.25) is 9.69 Å². The molecule has 2 atom stereocenters. The molecule has 1 saturated carbocycles. The van der Waals surface area contributed by atoms with Crippen molar-refractivity contribution in [3.8, 4) is 0 Å². The molecule has 3 aliphatic rings. The highest BCUT2D eigenvalue weighted by Crippen LogP contribution is 2.28. The molecule has 0 spiro atoms. The molecule has 6 heteroatoms. The van der Waals surface area contributed by atoms with E-state index in [1.165, 1.54) is 38.8 Å². The molecule has 0 bridgehead atoms. The lowest BCUT2D eigenvalue weighted by Gasteiger charge is -2.39. The summed E-state index contributed by atoms with van der Waals surface area (Å²) in [7, 11) is 0. The van der Waals surface area contributed by atoms with Crippen molar-refractivity contribution in [1.29, 1.82) is 0 Å². The van der Waals surface area contributed by atoms with E-state index in [1.54, 1.807) is 0 Å². The number of hydrogen-bond acceptors (Lipinski definition) is 4. The minimum Gasteiger partial charge on any atom is -0.483 e. The fraction of sp³-hybridized carbons (Fsp3) is 0.933. The number of likely N-dealkylation sites (tertiary alicyclic amines) is 2. The number of carbonyl (C=O) groups is 1. The monoisotopic (exact) mass is 302 g/mol. The van der Waals surface area contributed by atoms with Crippen LogP contribution in [0.5, 0.6) is 0 Å². The van der Waals surface area contributed by atoms with Crippen molar-refractivity contribution in [3.63, 3.8) is 0 Å². The van der Waals surface area contributed by atoms with Gasteiger partial charge < -0.3 is 15.1 Å². The Hall–Kier alpha value is -0.720. The molecule has 2 aliphatic heterocycles. The van der Waals surface area contributed by atoms with Crippen molar-refractivity contribution in [1.82, 2.24) is 9.80 Å². The predicted octanol–water partition coefficient (Wildman–Crippen LogP) is 1.11. The molecule has 2 N–H and O–H groups in total. The van der Waals surface area contributed by atoms with Gasteiger partial charge in [0.2, 0.25) is 0 Å². The average Bonchev–Trinajstić information content (AvgIpc) is 3.11. The summed E-state index contributed by atoms with van der Waals surface area (Å²) in [5.74, 6) is 0. The highest BCUT2D eigenvalue weighted by molar-refractivity contribution is 5.32. The minimum absolute atomic E-state index is 0.250. The molecule has 0 radical (unpaired) electrons. The van der Waals surface area contributed by atoms with E-state index < -0.39 is 12.3 Å². The molecule has 0 aromatic rings. The zero-order valence-corrected chi connectivity index (χ0v) is 12.5. The quantitative estimate of drug-likeness (QED) is 0.748. The molecule has 3 rings (SSSR count). The highest BCUT2D eigenvalue weighted by Gasteiger charge is 2.37. The van der Waals surface area contributed by atoms with Crippen LogP contribution >= 0.6 is 0 Å². The highest BCUT2D eigenvalue weighted by atomic mass is 19.1. The van der Waals surface area contributed by atoms with E-state index in [0.29, 0.717) is 19.1 Å². The molecule has 0 amide bonds. The third kappa shape index (κ3) is 4.37. The van der Waals surface area contributed by atoms with Crippen LogP contribution in [0.15, 0.2) is 0 Å². The zero-order chi connectivity index (χ0) is 15.2. The topological polar surface area (TPSA) is 64.0 Å². The molecule has 2 heterocycles. The van der Waals surface area contributed by atoms with Crippen LogP contribution in [-0.4, -0.2) is 77.0 Å². The lowest BCUT2D eigenvalue weighted by atomic mass is 10.0. The van der Waals surface area contributed by atoms with Crippen LogP contribution in [0.1, 0.15) is 38.5 Å². The Morgan fingerprint density at radius 3 is 1.95 bits per heavy atom. The second-order valence-corrected chi connectivity index (χ2v) is 6.35. The maximum absolute atomic E-state index is 13.3. The first-order valence-electron chi connectivity index (χ1n) is 8.03. The van der Waals surface area contributed by atoms with Crippen molar-refractivity contribution in [3.05, 3.63) is 0 Å². The standard InChI is InChI=1S/C14H25FN2O.CH2O2/c15-13-9-17(10-14(13)18)12-5-7-16(8-6-12)11-3-1-2-4-11;2-1-3/h11-14,18H,1-10H2;1H,(H,2,3)/t13-,14-;/m1./s1. The molecule has 0 aromatic heterocycles. The Labute approximate surface area is 125 Å². The van der Waals surface area contributed by atoms with Gasteiger partial charge in [0.05, 0.1) is 6.10 Å². The molecular weight excluding hydrogens is 275 g/mol. The Balaban J connectivity index is 0.000000497. The van der Waals surface area contributed by atoms with Crippen LogP contribution in [0.2, 0.25) is 0 Å². The van der Waals surface area contributed by atoms with Crippen LogP contribution in [-0.2, 0) is 4.79 Å². The number of aliphatic hydroxyl groups excluding tert-OH is 1. The maximum Gasteiger partial charge on any atom is 0.290 e. The van der Waals surface area contributed by atoms with E-state index in [1.807, 2.05) is 0 Å². The summed E-state index contributed by atoms with van der Waals surface area (Å²) in [6.07, 6.45) is 6.06. The Morgan fingerprint density at radius 2 is 1.48 bits per heavy atom. The van der Waals surface area contributed by atoms with E-state index in [0.717, 1.165) is 18.9 Å². The number of β-amino-alcohol motifs (C(OH)–C–C–N with tert-alkyl or cyclic N) is 1. The molecular formula is C15H27FN2O3. The van der Waals surface area contributed by atoms with Gasteiger partial charge in [0.15, 0.2) is 0 Å². The number of aliphatic hydroxyl groups is 1. The van der Waals surface area contributed by atoms with E-state index in [9.17, 15) is 9.50 Å². The van der Waals surface area contributed by atoms with Gasteiger partial charge in [-0.05, 0) is 38.8 Å². The lowest BCUT2D eigenvalue weighted by Crippen LogP contribution is -2.47. The zero-order valence-electron chi connectivity index (χ0n) is 12.5. The summed E-state index contributed by atoms with van der Waals surface area (Å²) in [6, 6.07) is 1.32. The normalized spacial score (nSPS) is 32.9. The van der Waals surface area contributed by atoms with Crippen LogP contribution in [0.4, 0.5) is 4.39 Å². The minimum atomic E-state index is -1.03. The number of piperidine rings is 1. The fourth-order valence-electron chi connectivity index (χ4n) is 3.96. The van der Waals surface area contributed by atoms with Crippen LogP contribution in [0, 0.1) is 0 Å². The molecule has 1 aliphatic carbocycles. The number of rotatable bonds is 2. The first-order chi connectivity index (χ1) is 10.2. The van der Waals surface area contributed by atoms with Crippen LogP contribution in [0.3, 0.4) is 0 Å². The molecule has 122 valence electrons. The predicted molar refractivity (Wildman–Crippen MR) is 78.0 cm³/mol. The van der Waals surface area contributed by atoms with Gasteiger partial charge >= 0.3 is 0 Å². The molecule has 2 saturated heterocycles. The SMILES string of the molecule is O=CO.O[C@@H]1CN(C2CCN(C3CCCC3)CC2)C[C@H]1F. The van der Waals surface area contributed by atoms with Crippen molar-refractivity contribution >= 4 is 6.47 Å². The summed E-state index contributed by atoms with van der Waals surface area (Å²) >= 11 is 0. The second kappa shape index (κ2) is 8.06. The smallest absolute Gasteiger partial charge is 0.290 e. The maximum atomic E-state index is 13.3. The number of carboxylic acid groups (broad SMARTS) is 1. The Kier molecular flexibility index (Phi) is 6.39. The number of nitrogens with zero attached hydrogens (tertiary/aromatic N) is 2. The van der Waals surface area contributed by atoms with Gasteiger partial charge in [-0.15, -0.1) is 0 Å². The third-order valence-corrected chi connectivity index (χ3v) is 5.10. The van der Waals surface area contributed by atoms with Crippen LogP contribution < -0.4 is 0 Å². The van der Waals surface area contributed by atoms with E-state index in [4.69, 9.17) is 9.90 Å². The van der Waals surface area contributed by atoms with Crippen molar-refractivity contribution in [2.24, 2.45) is 0 Å². The van der Waals surface area contributed by atoms with E-state index in [2.05, 4.69) is 9.80 Å². The summed E-state index contributed by atoms with van der Waals surface area (Å²) in [5.41, 5.74) is 0. The molecule has 0 aromatic carbocycles. The summed E-state index contributed by atoms with van der Waals surface area (Å²) in [4.78, 5) is 13.2.